The second kappa shape index (κ2) is 7.16. The highest BCUT2D eigenvalue weighted by Gasteiger charge is 2.34. The molecule has 0 radical (unpaired) electrons. The van der Waals surface area contributed by atoms with E-state index >= 15 is 0 Å². The zero-order chi connectivity index (χ0) is 17.2. The van der Waals surface area contributed by atoms with Crippen LogP contribution in [0.4, 0.5) is 5.69 Å². The highest BCUT2D eigenvalue weighted by molar-refractivity contribution is 5.96. The van der Waals surface area contributed by atoms with Crippen LogP contribution in [0.2, 0.25) is 0 Å². The Morgan fingerprint density at radius 2 is 1.68 bits per heavy atom. The highest BCUT2D eigenvalue weighted by Crippen LogP contribution is 2.32. The Morgan fingerprint density at radius 1 is 1.04 bits per heavy atom. The van der Waals surface area contributed by atoms with E-state index in [4.69, 9.17) is 0 Å². The van der Waals surface area contributed by atoms with Gasteiger partial charge in [-0.15, -0.1) is 0 Å². The van der Waals surface area contributed by atoms with Crippen LogP contribution in [-0.2, 0) is 4.79 Å². The van der Waals surface area contributed by atoms with Gasteiger partial charge >= 0.3 is 0 Å². The summed E-state index contributed by atoms with van der Waals surface area (Å²) in [4.78, 5) is 26.6. The van der Waals surface area contributed by atoms with Gasteiger partial charge < -0.3 is 15.5 Å². The number of benzene rings is 1. The van der Waals surface area contributed by atoms with Gasteiger partial charge in [-0.05, 0) is 68.7 Å². The Hall–Kier alpha value is -1.88. The molecule has 2 bridgehead atoms. The molecule has 0 aliphatic carbocycles. The van der Waals surface area contributed by atoms with Gasteiger partial charge in [-0.2, -0.15) is 0 Å². The molecule has 0 spiro atoms. The average molecular weight is 341 g/mol. The van der Waals surface area contributed by atoms with Gasteiger partial charge in [0.05, 0.1) is 0 Å². The molecule has 3 heterocycles. The number of amides is 2. The van der Waals surface area contributed by atoms with Gasteiger partial charge in [-0.1, -0.05) is 0 Å². The van der Waals surface area contributed by atoms with Crippen molar-refractivity contribution in [2.45, 2.75) is 57.0 Å². The zero-order valence-corrected chi connectivity index (χ0v) is 14.7. The van der Waals surface area contributed by atoms with Crippen LogP contribution in [0.25, 0.3) is 0 Å². The van der Waals surface area contributed by atoms with E-state index in [1.54, 1.807) is 0 Å². The van der Waals surface area contributed by atoms with E-state index in [1.807, 2.05) is 29.2 Å². The molecule has 4 rings (SSSR count). The van der Waals surface area contributed by atoms with Crippen LogP contribution >= 0.6 is 0 Å². The Labute approximate surface area is 149 Å². The topological polar surface area (TPSA) is 61.4 Å². The molecule has 3 aliphatic heterocycles. The van der Waals surface area contributed by atoms with Crippen LogP contribution in [0.15, 0.2) is 24.3 Å². The molecule has 5 heteroatoms. The van der Waals surface area contributed by atoms with Crippen LogP contribution in [0.5, 0.6) is 0 Å². The number of rotatable bonds is 4. The minimum atomic E-state index is 0.0879. The number of nitrogens with one attached hydrogen (secondary N) is 2. The largest absolute Gasteiger partial charge is 0.339 e. The first-order chi connectivity index (χ1) is 12.2. The summed E-state index contributed by atoms with van der Waals surface area (Å²) in [7, 11) is 0. The molecule has 2 unspecified atom stereocenters. The van der Waals surface area contributed by atoms with E-state index in [0.717, 1.165) is 44.5 Å². The fraction of sp³-hybridized carbons (Fsp3) is 0.600. The minimum Gasteiger partial charge on any atom is -0.339 e. The van der Waals surface area contributed by atoms with Crippen molar-refractivity contribution in [2.24, 2.45) is 5.92 Å². The van der Waals surface area contributed by atoms with Crippen LogP contribution in [0.3, 0.4) is 0 Å². The second-order valence-electron chi connectivity index (χ2n) is 7.80. The third-order valence-corrected chi connectivity index (χ3v) is 5.85. The van der Waals surface area contributed by atoms with E-state index in [2.05, 4.69) is 10.6 Å². The Balaban J connectivity index is 1.30. The maximum absolute atomic E-state index is 12.3. The van der Waals surface area contributed by atoms with E-state index in [9.17, 15) is 9.59 Å². The van der Waals surface area contributed by atoms with Gasteiger partial charge in [0.15, 0.2) is 0 Å². The molecule has 3 saturated heterocycles. The summed E-state index contributed by atoms with van der Waals surface area (Å²) >= 11 is 0. The number of nitrogens with zero attached hydrogens (tertiary/aromatic N) is 1. The van der Waals surface area contributed by atoms with Gasteiger partial charge in [0.1, 0.15) is 0 Å². The lowest BCUT2D eigenvalue weighted by Crippen LogP contribution is -2.39. The molecule has 25 heavy (non-hydrogen) atoms. The quantitative estimate of drug-likeness (QED) is 0.885. The summed E-state index contributed by atoms with van der Waals surface area (Å²) in [6, 6.07) is 8.56. The van der Waals surface area contributed by atoms with E-state index in [0.29, 0.717) is 30.0 Å². The molecule has 3 aliphatic rings. The van der Waals surface area contributed by atoms with Gasteiger partial charge in [-0.25, -0.2) is 0 Å². The lowest BCUT2D eigenvalue weighted by Gasteiger charge is -2.28. The minimum absolute atomic E-state index is 0.0879. The maximum Gasteiger partial charge on any atom is 0.253 e. The van der Waals surface area contributed by atoms with Crippen molar-refractivity contribution in [1.82, 2.24) is 10.2 Å². The number of carbonyl (C=O) groups is 2. The SMILES string of the molecule is O=C(CC1CC2CCC(C1)N2)Nc1ccc(C(=O)N2CCCC2)cc1. The summed E-state index contributed by atoms with van der Waals surface area (Å²) in [6.07, 6.45) is 7.55. The second-order valence-corrected chi connectivity index (χ2v) is 7.80. The summed E-state index contributed by atoms with van der Waals surface area (Å²) in [5.41, 5.74) is 1.48. The highest BCUT2D eigenvalue weighted by atomic mass is 16.2. The monoisotopic (exact) mass is 341 g/mol. The summed E-state index contributed by atoms with van der Waals surface area (Å²) in [5.74, 6) is 0.681. The zero-order valence-electron chi connectivity index (χ0n) is 14.7. The molecular weight excluding hydrogens is 314 g/mol. The normalized spacial score (nSPS) is 28.2. The summed E-state index contributed by atoms with van der Waals surface area (Å²) < 4.78 is 0. The molecule has 0 aromatic heterocycles. The van der Waals surface area contributed by atoms with Crippen molar-refractivity contribution in [1.29, 1.82) is 0 Å². The van der Waals surface area contributed by atoms with E-state index in [1.165, 1.54) is 12.8 Å². The van der Waals surface area contributed by atoms with Crippen LogP contribution in [-0.4, -0.2) is 41.9 Å². The Kier molecular flexibility index (Phi) is 4.75. The molecular formula is C20H27N3O2. The molecule has 2 atom stereocenters. The summed E-state index contributed by atoms with van der Waals surface area (Å²) in [6.45, 7) is 1.71. The Morgan fingerprint density at radius 3 is 2.32 bits per heavy atom. The standard InChI is InChI=1S/C20H27N3O2/c24-19(13-14-11-17-7-8-18(12-14)21-17)22-16-5-3-15(4-6-16)20(25)23-9-1-2-10-23/h3-6,14,17-18,21H,1-2,7-13H2,(H,22,24). The molecule has 1 aromatic rings. The first-order valence-corrected chi connectivity index (χ1v) is 9.62. The number of anilines is 1. The molecule has 2 N–H and O–H groups in total. The van der Waals surface area contributed by atoms with Crippen molar-refractivity contribution < 1.29 is 9.59 Å². The predicted molar refractivity (Wildman–Crippen MR) is 97.5 cm³/mol. The van der Waals surface area contributed by atoms with Gasteiger partial charge in [0.25, 0.3) is 5.91 Å². The van der Waals surface area contributed by atoms with Crippen LogP contribution < -0.4 is 10.6 Å². The lowest BCUT2D eigenvalue weighted by molar-refractivity contribution is -0.117. The average Bonchev–Trinajstić information content (AvgIpc) is 3.25. The van der Waals surface area contributed by atoms with Crippen molar-refractivity contribution in [3.05, 3.63) is 29.8 Å². The number of likely N-dealkylation sites (tertiary alicyclic amines) is 1. The summed E-state index contributed by atoms with van der Waals surface area (Å²) in [5, 5.41) is 6.61. The number of carbonyl (C=O) groups excluding carboxylic acids is 2. The van der Waals surface area contributed by atoms with Gasteiger partial charge in [0, 0.05) is 42.8 Å². The number of hydrogen-bond donors (Lipinski definition) is 2. The molecule has 1 aromatic carbocycles. The number of fused-ring (bicyclic) bond motifs is 2. The molecule has 0 saturated carbocycles. The van der Waals surface area contributed by atoms with E-state index in [-0.39, 0.29) is 11.8 Å². The van der Waals surface area contributed by atoms with Crippen LogP contribution in [0.1, 0.15) is 55.3 Å². The van der Waals surface area contributed by atoms with Gasteiger partial charge in [0.2, 0.25) is 5.91 Å². The van der Waals surface area contributed by atoms with E-state index < -0.39 is 0 Å². The predicted octanol–water partition coefficient (Wildman–Crippen LogP) is 2.78. The molecule has 2 amide bonds. The molecule has 5 nitrogen and oxygen atoms in total. The fourth-order valence-corrected chi connectivity index (χ4v) is 4.61. The lowest BCUT2D eigenvalue weighted by atomic mass is 9.89. The van der Waals surface area contributed by atoms with Crippen molar-refractivity contribution >= 4 is 17.5 Å². The smallest absolute Gasteiger partial charge is 0.253 e. The van der Waals surface area contributed by atoms with Crippen molar-refractivity contribution in [3.8, 4) is 0 Å². The Bertz CT molecular complexity index is 625. The van der Waals surface area contributed by atoms with Gasteiger partial charge in [-0.3, -0.25) is 9.59 Å². The first-order valence-electron chi connectivity index (χ1n) is 9.62. The van der Waals surface area contributed by atoms with Crippen molar-refractivity contribution in [2.75, 3.05) is 18.4 Å². The third-order valence-electron chi connectivity index (χ3n) is 5.85. The number of piperidine rings is 1. The number of hydrogen-bond acceptors (Lipinski definition) is 3. The first kappa shape index (κ1) is 16.6. The maximum atomic E-state index is 12.3. The third kappa shape index (κ3) is 3.87. The van der Waals surface area contributed by atoms with Crippen LogP contribution in [0, 0.1) is 5.92 Å². The molecule has 134 valence electrons. The fourth-order valence-electron chi connectivity index (χ4n) is 4.61. The molecule has 3 fully saturated rings. The van der Waals surface area contributed by atoms with Crippen molar-refractivity contribution in [3.63, 3.8) is 0 Å².